The topological polar surface area (TPSA) is 52.0 Å². The molecule has 0 aliphatic rings. The first-order valence-electron chi connectivity index (χ1n) is 5.01. The van der Waals surface area contributed by atoms with E-state index in [1.54, 1.807) is 0 Å². The smallest absolute Gasteiger partial charge is 0.181 e. The van der Waals surface area contributed by atoms with Gasteiger partial charge in [0.1, 0.15) is 11.5 Å². The van der Waals surface area contributed by atoms with Gasteiger partial charge in [-0.15, -0.1) is 0 Å². The summed E-state index contributed by atoms with van der Waals surface area (Å²) in [6.45, 7) is 2.56. The van der Waals surface area contributed by atoms with Gasteiger partial charge in [0.25, 0.3) is 0 Å². The fourth-order valence-electron chi connectivity index (χ4n) is 1.69. The van der Waals surface area contributed by atoms with E-state index in [1.165, 1.54) is 12.0 Å². The zero-order chi connectivity index (χ0) is 10.7. The third-order valence-electron chi connectivity index (χ3n) is 2.43. The summed E-state index contributed by atoms with van der Waals surface area (Å²) in [4.78, 5) is 4.22. The second-order valence-corrected chi connectivity index (χ2v) is 3.45. The number of nitrogens with zero attached hydrogens (tertiary/aromatic N) is 1. The Hall–Kier alpha value is -1.61. The first-order valence-corrected chi connectivity index (χ1v) is 5.01. The van der Waals surface area contributed by atoms with Crippen LogP contribution in [0.4, 0.5) is 0 Å². The summed E-state index contributed by atoms with van der Waals surface area (Å²) in [6, 6.07) is 8.15. The number of nitrogens with two attached hydrogens (primary N) is 1. The molecule has 2 aromatic rings. The molecule has 1 heterocycles. The second-order valence-electron chi connectivity index (χ2n) is 3.45. The van der Waals surface area contributed by atoms with Crippen LogP contribution in [0, 0.1) is 6.92 Å². The quantitative estimate of drug-likeness (QED) is 0.829. The Morgan fingerprint density at radius 3 is 2.80 bits per heavy atom. The molecule has 2 N–H and O–H groups in total. The molecular formula is C12H14N2O. The SMILES string of the molecule is Cc1ocnc1-c1ccccc1CCN. The highest BCUT2D eigenvalue weighted by molar-refractivity contribution is 5.65. The van der Waals surface area contributed by atoms with Crippen LogP contribution in [0.25, 0.3) is 11.3 Å². The molecule has 0 fully saturated rings. The Morgan fingerprint density at radius 2 is 2.13 bits per heavy atom. The number of hydrogen-bond acceptors (Lipinski definition) is 3. The van der Waals surface area contributed by atoms with Gasteiger partial charge in [0.15, 0.2) is 6.39 Å². The molecule has 3 nitrogen and oxygen atoms in total. The van der Waals surface area contributed by atoms with Crippen molar-refractivity contribution in [3.8, 4) is 11.3 Å². The van der Waals surface area contributed by atoms with E-state index in [1.807, 2.05) is 19.1 Å². The van der Waals surface area contributed by atoms with Gasteiger partial charge < -0.3 is 10.2 Å². The van der Waals surface area contributed by atoms with E-state index in [0.29, 0.717) is 6.54 Å². The van der Waals surface area contributed by atoms with E-state index in [0.717, 1.165) is 23.4 Å². The fourth-order valence-corrected chi connectivity index (χ4v) is 1.69. The molecule has 0 unspecified atom stereocenters. The molecule has 78 valence electrons. The van der Waals surface area contributed by atoms with Crippen LogP contribution in [0.2, 0.25) is 0 Å². The van der Waals surface area contributed by atoms with Crippen molar-refractivity contribution in [1.29, 1.82) is 0 Å². The standard InChI is InChI=1S/C12H14N2O/c1-9-12(14-8-15-9)11-5-3-2-4-10(11)6-7-13/h2-5,8H,6-7,13H2,1H3. The molecule has 0 spiro atoms. The highest BCUT2D eigenvalue weighted by atomic mass is 16.3. The Labute approximate surface area is 88.9 Å². The van der Waals surface area contributed by atoms with Gasteiger partial charge in [0, 0.05) is 5.56 Å². The molecule has 0 atom stereocenters. The van der Waals surface area contributed by atoms with Gasteiger partial charge in [0.05, 0.1) is 0 Å². The minimum Gasteiger partial charge on any atom is -0.448 e. The van der Waals surface area contributed by atoms with Gasteiger partial charge in [0.2, 0.25) is 0 Å². The molecule has 1 aromatic heterocycles. The zero-order valence-electron chi connectivity index (χ0n) is 8.73. The van der Waals surface area contributed by atoms with Crippen molar-refractivity contribution in [2.75, 3.05) is 6.54 Å². The van der Waals surface area contributed by atoms with Gasteiger partial charge in [-0.2, -0.15) is 0 Å². The summed E-state index contributed by atoms with van der Waals surface area (Å²) in [5, 5.41) is 0. The van der Waals surface area contributed by atoms with Crippen LogP contribution in [-0.2, 0) is 6.42 Å². The summed E-state index contributed by atoms with van der Waals surface area (Å²) in [5.74, 6) is 0.847. The van der Waals surface area contributed by atoms with Crippen molar-refractivity contribution in [3.05, 3.63) is 42.0 Å². The van der Waals surface area contributed by atoms with Crippen LogP contribution < -0.4 is 5.73 Å². The van der Waals surface area contributed by atoms with Crippen molar-refractivity contribution >= 4 is 0 Å². The van der Waals surface area contributed by atoms with Gasteiger partial charge in [-0.05, 0) is 25.5 Å². The molecule has 0 amide bonds. The zero-order valence-corrected chi connectivity index (χ0v) is 8.73. The summed E-state index contributed by atoms with van der Waals surface area (Å²) in [5.41, 5.74) is 8.83. The first kappa shape index (κ1) is 9.93. The van der Waals surface area contributed by atoms with E-state index < -0.39 is 0 Å². The highest BCUT2D eigenvalue weighted by Gasteiger charge is 2.09. The normalized spacial score (nSPS) is 10.5. The third kappa shape index (κ3) is 1.92. The summed E-state index contributed by atoms with van der Waals surface area (Å²) < 4.78 is 5.21. The van der Waals surface area contributed by atoms with Crippen molar-refractivity contribution in [3.63, 3.8) is 0 Å². The predicted molar refractivity (Wildman–Crippen MR) is 59.4 cm³/mol. The monoisotopic (exact) mass is 202 g/mol. The number of aryl methyl sites for hydroxylation is 1. The molecule has 0 radical (unpaired) electrons. The van der Waals surface area contributed by atoms with E-state index in [9.17, 15) is 0 Å². The van der Waals surface area contributed by atoms with Crippen LogP contribution in [0.3, 0.4) is 0 Å². The molecular weight excluding hydrogens is 188 g/mol. The van der Waals surface area contributed by atoms with Crippen LogP contribution in [0.15, 0.2) is 35.1 Å². The lowest BCUT2D eigenvalue weighted by Crippen LogP contribution is -2.04. The molecule has 2 rings (SSSR count). The predicted octanol–water partition coefficient (Wildman–Crippen LogP) is 2.15. The van der Waals surface area contributed by atoms with Gasteiger partial charge >= 0.3 is 0 Å². The van der Waals surface area contributed by atoms with E-state index >= 15 is 0 Å². The largest absolute Gasteiger partial charge is 0.448 e. The van der Waals surface area contributed by atoms with Crippen molar-refractivity contribution in [2.24, 2.45) is 5.73 Å². The maximum atomic E-state index is 5.58. The average Bonchev–Trinajstić information content (AvgIpc) is 2.66. The lowest BCUT2D eigenvalue weighted by atomic mass is 10.0. The third-order valence-corrected chi connectivity index (χ3v) is 2.43. The maximum Gasteiger partial charge on any atom is 0.181 e. The van der Waals surface area contributed by atoms with Crippen LogP contribution in [0.5, 0.6) is 0 Å². The van der Waals surface area contributed by atoms with Crippen LogP contribution >= 0.6 is 0 Å². The molecule has 0 aliphatic heterocycles. The molecule has 0 bridgehead atoms. The van der Waals surface area contributed by atoms with E-state index in [-0.39, 0.29) is 0 Å². The van der Waals surface area contributed by atoms with Crippen molar-refractivity contribution in [2.45, 2.75) is 13.3 Å². The molecule has 3 heteroatoms. The summed E-state index contributed by atoms with van der Waals surface area (Å²) >= 11 is 0. The first-order chi connectivity index (χ1) is 7.33. The fraction of sp³-hybridized carbons (Fsp3) is 0.250. The van der Waals surface area contributed by atoms with Gasteiger partial charge in [-0.3, -0.25) is 0 Å². The number of benzene rings is 1. The summed E-state index contributed by atoms with van der Waals surface area (Å²) in [7, 11) is 0. The highest BCUT2D eigenvalue weighted by Crippen LogP contribution is 2.25. The molecule has 0 aliphatic carbocycles. The van der Waals surface area contributed by atoms with Crippen molar-refractivity contribution < 1.29 is 4.42 Å². The number of aromatic nitrogens is 1. The molecule has 15 heavy (non-hydrogen) atoms. The van der Waals surface area contributed by atoms with E-state index in [2.05, 4.69) is 17.1 Å². The van der Waals surface area contributed by atoms with Crippen LogP contribution in [0.1, 0.15) is 11.3 Å². The molecule has 0 saturated heterocycles. The van der Waals surface area contributed by atoms with Gasteiger partial charge in [-0.1, -0.05) is 24.3 Å². The Balaban J connectivity index is 2.48. The number of hydrogen-bond donors (Lipinski definition) is 1. The average molecular weight is 202 g/mol. The van der Waals surface area contributed by atoms with Crippen LogP contribution in [-0.4, -0.2) is 11.5 Å². The molecule has 0 saturated carbocycles. The van der Waals surface area contributed by atoms with Gasteiger partial charge in [-0.25, -0.2) is 4.98 Å². The lowest BCUT2D eigenvalue weighted by Gasteiger charge is -2.05. The maximum absolute atomic E-state index is 5.58. The number of oxazole rings is 1. The lowest BCUT2D eigenvalue weighted by molar-refractivity contribution is 0.527. The van der Waals surface area contributed by atoms with Crippen molar-refractivity contribution in [1.82, 2.24) is 4.98 Å². The molecule has 1 aromatic carbocycles. The van der Waals surface area contributed by atoms with E-state index in [4.69, 9.17) is 10.2 Å². The Kier molecular flexibility index (Phi) is 2.83. The summed E-state index contributed by atoms with van der Waals surface area (Å²) in [6.07, 6.45) is 2.34. The minimum atomic E-state index is 0.647. The second kappa shape index (κ2) is 4.28. The Bertz CT molecular complexity index is 448. The Morgan fingerprint density at radius 1 is 1.33 bits per heavy atom. The minimum absolute atomic E-state index is 0.647. The number of rotatable bonds is 3.